The second kappa shape index (κ2) is 7.38. The molecule has 0 unspecified atom stereocenters. The topological polar surface area (TPSA) is 104 Å². The van der Waals surface area contributed by atoms with Crippen LogP contribution in [-0.2, 0) is 6.54 Å². The van der Waals surface area contributed by atoms with Gasteiger partial charge < -0.3 is 14.6 Å². The second-order valence-corrected chi connectivity index (χ2v) is 7.35. The second-order valence-electron chi connectivity index (χ2n) is 6.91. The molecule has 0 saturated carbocycles. The van der Waals surface area contributed by atoms with Crippen LogP contribution in [0.5, 0.6) is 0 Å². The molecule has 1 aromatic carbocycles. The first kappa shape index (κ1) is 18.1. The highest BCUT2D eigenvalue weighted by molar-refractivity contribution is 6.31. The first-order valence-corrected chi connectivity index (χ1v) is 9.39. The summed E-state index contributed by atoms with van der Waals surface area (Å²) in [5, 5.41) is 11.2. The van der Waals surface area contributed by atoms with Crippen LogP contribution in [0.1, 0.15) is 19.3 Å². The fourth-order valence-corrected chi connectivity index (χ4v) is 3.83. The molecule has 3 aliphatic heterocycles. The summed E-state index contributed by atoms with van der Waals surface area (Å²) < 4.78 is 1.66. The molecule has 2 N–H and O–H groups in total. The van der Waals surface area contributed by atoms with Crippen molar-refractivity contribution >= 4 is 22.6 Å². The lowest BCUT2D eigenvalue weighted by molar-refractivity contribution is 0.0892. The van der Waals surface area contributed by atoms with Crippen molar-refractivity contribution in [2.45, 2.75) is 31.9 Å². The van der Waals surface area contributed by atoms with Gasteiger partial charge in [-0.3, -0.25) is 9.78 Å². The third kappa shape index (κ3) is 3.73. The van der Waals surface area contributed by atoms with E-state index in [0.717, 1.165) is 25.9 Å². The van der Waals surface area contributed by atoms with E-state index in [-0.39, 0.29) is 18.1 Å². The Morgan fingerprint density at radius 3 is 2.70 bits per heavy atom. The smallest absolute Gasteiger partial charge is 0.349 e. The zero-order valence-corrected chi connectivity index (χ0v) is 15.4. The standard InChI is InChI=1S/C18H20ClN5O3/c19-11-4-5-13-14(8-11)24(10-12(25)9-23-6-2-1-3-7-23)16-15(20-13)17(26)22-18(27)21-16/h4-5,8,12,25H,1-3,6-7,9-10H2,(H,22,26,27)/t12-/m1/s1. The Labute approximate surface area is 159 Å². The molecule has 142 valence electrons. The van der Waals surface area contributed by atoms with Gasteiger partial charge in [-0.05, 0) is 44.1 Å². The number of piperidine rings is 1. The van der Waals surface area contributed by atoms with Gasteiger partial charge in [0.2, 0.25) is 0 Å². The van der Waals surface area contributed by atoms with E-state index in [1.807, 2.05) is 0 Å². The molecule has 1 aromatic rings. The van der Waals surface area contributed by atoms with Crippen molar-refractivity contribution in [2.24, 2.45) is 0 Å². The molecule has 0 aromatic heterocycles. The Kier molecular flexibility index (Phi) is 4.94. The summed E-state index contributed by atoms with van der Waals surface area (Å²) in [5.41, 5.74) is -0.112. The summed E-state index contributed by atoms with van der Waals surface area (Å²) in [6, 6.07) is 5.08. The monoisotopic (exact) mass is 389 g/mol. The Balaban J connectivity index is 1.79. The zero-order valence-electron chi connectivity index (χ0n) is 14.7. The van der Waals surface area contributed by atoms with Gasteiger partial charge in [-0.2, -0.15) is 4.98 Å². The number of halogens is 1. The maximum atomic E-state index is 12.2. The summed E-state index contributed by atoms with van der Waals surface area (Å²) in [7, 11) is 0. The normalized spacial score (nSPS) is 16.8. The lowest BCUT2D eigenvalue weighted by Crippen LogP contribution is -2.38. The number of β-amino-alcohol motifs (C(OH)–C–C–N with tert-alkyl or cyclic N) is 1. The van der Waals surface area contributed by atoms with Crippen molar-refractivity contribution in [3.8, 4) is 11.5 Å². The van der Waals surface area contributed by atoms with Gasteiger partial charge in [-0.1, -0.05) is 18.0 Å². The number of benzene rings is 1. The average Bonchev–Trinajstić information content (AvgIpc) is 2.63. The molecule has 1 atom stereocenters. The third-order valence-corrected chi connectivity index (χ3v) is 5.12. The lowest BCUT2D eigenvalue weighted by Gasteiger charge is -2.29. The van der Waals surface area contributed by atoms with Crippen LogP contribution < -0.4 is 11.2 Å². The van der Waals surface area contributed by atoms with Crippen molar-refractivity contribution in [3.63, 3.8) is 0 Å². The van der Waals surface area contributed by atoms with E-state index < -0.39 is 17.4 Å². The molecule has 1 saturated heterocycles. The van der Waals surface area contributed by atoms with Gasteiger partial charge in [0.1, 0.15) is 0 Å². The fraction of sp³-hybridized carbons (Fsp3) is 0.444. The van der Waals surface area contributed by atoms with Crippen LogP contribution in [-0.4, -0.2) is 55.3 Å². The van der Waals surface area contributed by atoms with Crippen LogP contribution in [0.25, 0.3) is 22.6 Å². The van der Waals surface area contributed by atoms with Crippen LogP contribution in [0.15, 0.2) is 27.8 Å². The number of H-pyrrole nitrogens is 1. The Bertz CT molecular complexity index is 1060. The number of aliphatic hydroxyl groups is 1. The number of likely N-dealkylation sites (tertiary alicyclic amines) is 1. The first-order chi connectivity index (χ1) is 13.0. The molecular weight excluding hydrogens is 370 g/mol. The van der Waals surface area contributed by atoms with Crippen LogP contribution in [0, 0.1) is 0 Å². The number of aromatic amines is 1. The van der Waals surface area contributed by atoms with Crippen molar-refractivity contribution in [3.05, 3.63) is 44.1 Å². The Hall–Kier alpha value is -2.29. The first-order valence-electron chi connectivity index (χ1n) is 9.02. The average molecular weight is 390 g/mol. The van der Waals surface area contributed by atoms with Crippen LogP contribution in [0.3, 0.4) is 0 Å². The lowest BCUT2D eigenvalue weighted by atomic mass is 10.1. The maximum Gasteiger partial charge on any atom is 0.349 e. The van der Waals surface area contributed by atoms with E-state index in [4.69, 9.17) is 11.6 Å². The van der Waals surface area contributed by atoms with E-state index in [2.05, 4.69) is 19.9 Å². The minimum absolute atomic E-state index is 0.0644. The Morgan fingerprint density at radius 1 is 1.15 bits per heavy atom. The van der Waals surface area contributed by atoms with Gasteiger partial charge >= 0.3 is 5.69 Å². The highest BCUT2D eigenvalue weighted by atomic mass is 35.5. The van der Waals surface area contributed by atoms with E-state index in [9.17, 15) is 14.7 Å². The highest BCUT2D eigenvalue weighted by Gasteiger charge is 2.22. The summed E-state index contributed by atoms with van der Waals surface area (Å²) in [5.74, 6) is 0.149. The van der Waals surface area contributed by atoms with Crippen LogP contribution >= 0.6 is 11.6 Å². The fourth-order valence-electron chi connectivity index (χ4n) is 3.66. The SMILES string of the molecule is O=c1nc2n(C[C@H](O)CN3CCCCC3)c3cc(Cl)ccc3nc-2c(=O)[nH]1. The molecule has 4 rings (SSSR count). The Morgan fingerprint density at radius 2 is 1.93 bits per heavy atom. The van der Waals surface area contributed by atoms with E-state index in [0.29, 0.717) is 22.6 Å². The van der Waals surface area contributed by atoms with Gasteiger partial charge in [0.05, 0.1) is 23.7 Å². The maximum absolute atomic E-state index is 12.2. The van der Waals surface area contributed by atoms with E-state index >= 15 is 0 Å². The third-order valence-electron chi connectivity index (χ3n) is 4.88. The minimum atomic E-state index is -0.741. The van der Waals surface area contributed by atoms with Gasteiger partial charge in [-0.25, -0.2) is 9.78 Å². The van der Waals surface area contributed by atoms with E-state index in [1.165, 1.54) is 6.42 Å². The number of aromatic nitrogens is 4. The number of aliphatic hydroxyl groups excluding tert-OH is 1. The van der Waals surface area contributed by atoms with Gasteiger partial charge in [0.15, 0.2) is 11.5 Å². The molecule has 27 heavy (non-hydrogen) atoms. The number of hydrogen-bond acceptors (Lipinski definition) is 6. The molecule has 0 bridgehead atoms. The predicted octanol–water partition coefficient (Wildman–Crippen LogP) is 1.08. The number of nitrogens with zero attached hydrogens (tertiary/aromatic N) is 4. The van der Waals surface area contributed by atoms with Gasteiger partial charge in [-0.15, -0.1) is 0 Å². The van der Waals surface area contributed by atoms with Crippen molar-refractivity contribution in [1.82, 2.24) is 24.4 Å². The summed E-state index contributed by atoms with van der Waals surface area (Å²) in [6.07, 6.45) is 2.80. The summed E-state index contributed by atoms with van der Waals surface area (Å²) in [4.78, 5) is 36.6. The summed E-state index contributed by atoms with van der Waals surface area (Å²) in [6.45, 7) is 2.64. The van der Waals surface area contributed by atoms with Gasteiger partial charge in [0.25, 0.3) is 5.56 Å². The van der Waals surface area contributed by atoms with Gasteiger partial charge in [0, 0.05) is 11.6 Å². The minimum Gasteiger partial charge on any atom is -0.390 e. The number of hydrogen-bond donors (Lipinski definition) is 2. The molecule has 3 aliphatic rings. The van der Waals surface area contributed by atoms with Crippen molar-refractivity contribution < 1.29 is 5.11 Å². The van der Waals surface area contributed by atoms with E-state index in [1.54, 1.807) is 22.8 Å². The zero-order chi connectivity index (χ0) is 19.0. The molecule has 0 spiro atoms. The molecule has 1 fully saturated rings. The number of rotatable bonds is 4. The molecule has 0 radical (unpaired) electrons. The number of fused-ring (bicyclic) bond motifs is 2. The van der Waals surface area contributed by atoms with Crippen molar-refractivity contribution in [2.75, 3.05) is 19.6 Å². The molecule has 0 amide bonds. The largest absolute Gasteiger partial charge is 0.390 e. The number of nitrogens with one attached hydrogen (secondary N) is 1. The highest BCUT2D eigenvalue weighted by Crippen LogP contribution is 2.24. The molecule has 9 heteroatoms. The molecular formula is C18H20ClN5O3. The molecule has 3 heterocycles. The predicted molar refractivity (Wildman–Crippen MR) is 102 cm³/mol. The van der Waals surface area contributed by atoms with Crippen LogP contribution in [0.2, 0.25) is 5.02 Å². The molecule has 0 aliphatic carbocycles. The molecule has 8 nitrogen and oxygen atoms in total. The quantitative estimate of drug-likeness (QED) is 0.647. The van der Waals surface area contributed by atoms with Crippen molar-refractivity contribution in [1.29, 1.82) is 0 Å². The van der Waals surface area contributed by atoms with Crippen LogP contribution in [0.4, 0.5) is 0 Å². The summed E-state index contributed by atoms with van der Waals surface area (Å²) >= 11 is 6.13.